The Bertz CT molecular complexity index is 662. The van der Waals surface area contributed by atoms with Crippen molar-refractivity contribution in [3.63, 3.8) is 0 Å². The summed E-state index contributed by atoms with van der Waals surface area (Å²) < 4.78 is 0. The summed E-state index contributed by atoms with van der Waals surface area (Å²) in [7, 11) is 0. The van der Waals surface area contributed by atoms with E-state index in [0.717, 1.165) is 5.56 Å². The molecule has 0 aromatic heterocycles. The van der Waals surface area contributed by atoms with Gasteiger partial charge in [0.2, 0.25) is 5.91 Å². The molecule has 0 fully saturated rings. The van der Waals surface area contributed by atoms with Crippen LogP contribution in [-0.4, -0.2) is 11.0 Å². The van der Waals surface area contributed by atoms with Crippen LogP contribution in [0.5, 0.6) is 5.75 Å². The topological polar surface area (TPSA) is 49.3 Å². The van der Waals surface area contributed by atoms with Crippen molar-refractivity contribution < 1.29 is 9.90 Å². The van der Waals surface area contributed by atoms with Crippen molar-refractivity contribution in [1.82, 2.24) is 0 Å². The Morgan fingerprint density at radius 3 is 2.14 bits per heavy atom. The smallest absolute Gasteiger partial charge is 0.248 e. The molecule has 114 valence electrons. The molecule has 0 bridgehead atoms. The third-order valence-corrected chi connectivity index (χ3v) is 3.34. The molecule has 3 heteroatoms. The molecule has 0 spiro atoms. The van der Waals surface area contributed by atoms with Gasteiger partial charge in [-0.05, 0) is 46.9 Å². The molecule has 0 aliphatic rings. The lowest BCUT2D eigenvalue weighted by Crippen LogP contribution is -2.10. The molecule has 0 unspecified atom stereocenters. The van der Waals surface area contributed by atoms with E-state index >= 15 is 0 Å². The highest BCUT2D eigenvalue weighted by Gasteiger charge is 2.12. The van der Waals surface area contributed by atoms with E-state index in [1.807, 2.05) is 12.1 Å². The zero-order chi connectivity index (χ0) is 16.2. The summed E-state index contributed by atoms with van der Waals surface area (Å²) >= 11 is 0. The van der Waals surface area contributed by atoms with Crippen LogP contribution in [0.3, 0.4) is 0 Å². The molecule has 1 amide bonds. The molecule has 2 aromatic carbocycles. The van der Waals surface area contributed by atoms with Crippen molar-refractivity contribution in [2.45, 2.75) is 26.2 Å². The van der Waals surface area contributed by atoms with Crippen LogP contribution in [0.1, 0.15) is 31.9 Å². The van der Waals surface area contributed by atoms with E-state index in [-0.39, 0.29) is 17.1 Å². The number of hydrogen-bond donors (Lipinski definition) is 2. The van der Waals surface area contributed by atoms with Gasteiger partial charge in [-0.3, -0.25) is 4.79 Å². The number of carbonyl (C=O) groups is 1. The van der Waals surface area contributed by atoms with E-state index in [9.17, 15) is 9.90 Å². The second-order valence-corrected chi connectivity index (χ2v) is 6.24. The fourth-order valence-electron chi connectivity index (χ4n) is 1.99. The number of amides is 1. The average Bonchev–Trinajstić information content (AvgIpc) is 2.47. The van der Waals surface area contributed by atoms with Gasteiger partial charge in [0.15, 0.2) is 0 Å². The minimum absolute atomic E-state index is 0.124. The average molecular weight is 295 g/mol. The summed E-state index contributed by atoms with van der Waals surface area (Å²) in [5.41, 5.74) is 3.01. The van der Waals surface area contributed by atoms with Crippen LogP contribution in [-0.2, 0) is 10.2 Å². The van der Waals surface area contributed by atoms with E-state index in [2.05, 4.69) is 38.2 Å². The van der Waals surface area contributed by atoms with Crippen LogP contribution < -0.4 is 5.32 Å². The number of rotatable bonds is 3. The molecule has 2 rings (SSSR count). The number of phenols is 1. The van der Waals surface area contributed by atoms with Crippen LogP contribution >= 0.6 is 0 Å². The highest BCUT2D eigenvalue weighted by Crippen LogP contribution is 2.22. The lowest BCUT2D eigenvalue weighted by Gasteiger charge is -2.18. The zero-order valence-corrected chi connectivity index (χ0v) is 13.1. The van der Waals surface area contributed by atoms with Crippen molar-refractivity contribution in [3.8, 4) is 5.75 Å². The summed E-state index contributed by atoms with van der Waals surface area (Å²) in [4.78, 5) is 11.8. The van der Waals surface area contributed by atoms with Gasteiger partial charge in [-0.1, -0.05) is 45.0 Å². The molecule has 0 saturated heterocycles. The minimum Gasteiger partial charge on any atom is -0.508 e. The van der Waals surface area contributed by atoms with Gasteiger partial charge in [0.05, 0.1) is 0 Å². The Hall–Kier alpha value is -2.55. The predicted octanol–water partition coefficient (Wildman–Crippen LogP) is 4.34. The van der Waals surface area contributed by atoms with Gasteiger partial charge in [-0.15, -0.1) is 0 Å². The Balaban J connectivity index is 1.99. The standard InChI is InChI=1S/C19H21NO2/c1-19(2,3)15-7-4-14(5-8-15)6-13-18(22)20-16-9-11-17(21)12-10-16/h4-13,21H,1-3H3,(H,20,22). The molecule has 2 aromatic rings. The number of anilines is 1. The van der Waals surface area contributed by atoms with Crippen LogP contribution in [0.25, 0.3) is 6.08 Å². The van der Waals surface area contributed by atoms with Crippen LogP contribution in [0.2, 0.25) is 0 Å². The highest BCUT2D eigenvalue weighted by atomic mass is 16.3. The Morgan fingerprint density at radius 2 is 1.59 bits per heavy atom. The molecule has 0 heterocycles. The zero-order valence-electron chi connectivity index (χ0n) is 13.1. The Labute approximate surface area is 131 Å². The largest absolute Gasteiger partial charge is 0.508 e. The fourth-order valence-corrected chi connectivity index (χ4v) is 1.99. The summed E-state index contributed by atoms with van der Waals surface area (Å²) in [6, 6.07) is 14.5. The van der Waals surface area contributed by atoms with Gasteiger partial charge in [-0.25, -0.2) is 0 Å². The maximum absolute atomic E-state index is 11.8. The normalized spacial score (nSPS) is 11.6. The fraction of sp³-hybridized carbons (Fsp3) is 0.211. The molecule has 3 nitrogen and oxygen atoms in total. The predicted molar refractivity (Wildman–Crippen MR) is 90.9 cm³/mol. The van der Waals surface area contributed by atoms with Crippen molar-refractivity contribution in [2.24, 2.45) is 0 Å². The van der Waals surface area contributed by atoms with Gasteiger partial charge in [0.25, 0.3) is 0 Å². The molecule has 0 aliphatic heterocycles. The van der Waals surface area contributed by atoms with Gasteiger partial charge in [0.1, 0.15) is 5.75 Å². The molecule has 0 atom stereocenters. The van der Waals surface area contributed by atoms with E-state index in [0.29, 0.717) is 5.69 Å². The van der Waals surface area contributed by atoms with Crippen LogP contribution in [0, 0.1) is 0 Å². The summed E-state index contributed by atoms with van der Waals surface area (Å²) in [5, 5.41) is 11.9. The van der Waals surface area contributed by atoms with E-state index < -0.39 is 0 Å². The van der Waals surface area contributed by atoms with E-state index in [4.69, 9.17) is 0 Å². The Kier molecular flexibility index (Phi) is 4.66. The maximum Gasteiger partial charge on any atom is 0.248 e. The molecule has 22 heavy (non-hydrogen) atoms. The Morgan fingerprint density at radius 1 is 1.00 bits per heavy atom. The molecular formula is C19H21NO2. The monoisotopic (exact) mass is 295 g/mol. The first-order valence-corrected chi connectivity index (χ1v) is 7.23. The van der Waals surface area contributed by atoms with Crippen molar-refractivity contribution in [2.75, 3.05) is 5.32 Å². The van der Waals surface area contributed by atoms with Crippen LogP contribution in [0.15, 0.2) is 54.6 Å². The third-order valence-electron chi connectivity index (χ3n) is 3.34. The first-order valence-electron chi connectivity index (χ1n) is 7.23. The van der Waals surface area contributed by atoms with Gasteiger partial charge in [-0.2, -0.15) is 0 Å². The first-order chi connectivity index (χ1) is 10.3. The lowest BCUT2D eigenvalue weighted by molar-refractivity contribution is -0.111. The minimum atomic E-state index is -0.203. The third kappa shape index (κ3) is 4.48. The van der Waals surface area contributed by atoms with Gasteiger partial charge >= 0.3 is 0 Å². The molecular weight excluding hydrogens is 274 g/mol. The highest BCUT2D eigenvalue weighted by molar-refractivity contribution is 6.01. The molecule has 0 radical (unpaired) electrons. The number of aromatic hydroxyl groups is 1. The van der Waals surface area contributed by atoms with Crippen molar-refractivity contribution >= 4 is 17.7 Å². The quantitative estimate of drug-likeness (QED) is 0.653. The second-order valence-electron chi connectivity index (χ2n) is 6.24. The molecule has 2 N–H and O–H groups in total. The van der Waals surface area contributed by atoms with Gasteiger partial charge in [0, 0.05) is 11.8 Å². The molecule has 0 saturated carbocycles. The SMILES string of the molecule is CC(C)(C)c1ccc(C=CC(=O)Nc2ccc(O)cc2)cc1. The number of benzene rings is 2. The number of phenolic OH excluding ortho intramolecular Hbond substituents is 1. The number of carbonyl (C=O) groups excluding carboxylic acids is 1. The van der Waals surface area contributed by atoms with E-state index in [1.54, 1.807) is 18.2 Å². The second kappa shape index (κ2) is 6.48. The first kappa shape index (κ1) is 15.8. The van der Waals surface area contributed by atoms with E-state index in [1.165, 1.54) is 23.8 Å². The van der Waals surface area contributed by atoms with Crippen molar-refractivity contribution in [3.05, 3.63) is 65.7 Å². The molecule has 0 aliphatic carbocycles. The van der Waals surface area contributed by atoms with Crippen LogP contribution in [0.4, 0.5) is 5.69 Å². The number of hydrogen-bond acceptors (Lipinski definition) is 2. The number of nitrogens with one attached hydrogen (secondary N) is 1. The summed E-state index contributed by atoms with van der Waals surface area (Å²) in [6.07, 6.45) is 3.28. The van der Waals surface area contributed by atoms with Gasteiger partial charge < -0.3 is 10.4 Å². The maximum atomic E-state index is 11.8. The lowest BCUT2D eigenvalue weighted by atomic mass is 9.87. The van der Waals surface area contributed by atoms with Crippen molar-refractivity contribution in [1.29, 1.82) is 0 Å². The summed E-state index contributed by atoms with van der Waals surface area (Å²) in [5.74, 6) is -0.0296. The summed E-state index contributed by atoms with van der Waals surface area (Å²) in [6.45, 7) is 6.51.